The van der Waals surface area contributed by atoms with Crippen molar-refractivity contribution in [2.45, 2.75) is 20.4 Å². The van der Waals surface area contributed by atoms with Crippen molar-refractivity contribution in [3.8, 4) is 0 Å². The molecule has 1 amide bonds. The molecule has 2 aromatic heterocycles. The van der Waals surface area contributed by atoms with Gasteiger partial charge in [0.25, 0.3) is 5.91 Å². The number of ether oxygens (including phenoxy) is 1. The third-order valence-corrected chi connectivity index (χ3v) is 3.68. The number of morpholine rings is 1. The topological polar surface area (TPSA) is 93.4 Å². The summed E-state index contributed by atoms with van der Waals surface area (Å²) >= 11 is 0. The molecule has 8 nitrogen and oxygen atoms in total. The summed E-state index contributed by atoms with van der Waals surface area (Å²) in [6.45, 7) is 6.68. The van der Waals surface area contributed by atoms with Gasteiger partial charge in [-0.15, -0.1) is 0 Å². The van der Waals surface area contributed by atoms with E-state index in [1.807, 2.05) is 0 Å². The quantitative estimate of drug-likeness (QED) is 0.893. The van der Waals surface area contributed by atoms with Crippen LogP contribution in [-0.4, -0.2) is 47.3 Å². The highest BCUT2D eigenvalue weighted by Crippen LogP contribution is 2.13. The number of aromatic nitrogens is 3. The Bertz CT molecular complexity index is 675. The number of hydrogen-bond donors (Lipinski definition) is 1. The largest absolute Gasteiger partial charge is 0.378 e. The van der Waals surface area contributed by atoms with E-state index < -0.39 is 0 Å². The monoisotopic (exact) mass is 317 g/mol. The molecule has 1 aliphatic rings. The number of rotatable bonds is 4. The summed E-state index contributed by atoms with van der Waals surface area (Å²) in [5.74, 6) is 0.960. The molecular weight excluding hydrogens is 298 g/mol. The first-order valence-corrected chi connectivity index (χ1v) is 7.51. The van der Waals surface area contributed by atoms with Gasteiger partial charge < -0.3 is 19.5 Å². The lowest BCUT2D eigenvalue weighted by atomic mass is 10.2. The summed E-state index contributed by atoms with van der Waals surface area (Å²) in [5.41, 5.74) is 1.81. The highest BCUT2D eigenvalue weighted by molar-refractivity contribution is 5.95. The average Bonchev–Trinajstić information content (AvgIpc) is 2.92. The molecule has 1 aliphatic heterocycles. The molecule has 0 aromatic carbocycles. The van der Waals surface area contributed by atoms with Crippen LogP contribution in [0.25, 0.3) is 0 Å². The van der Waals surface area contributed by atoms with Crippen LogP contribution in [0.15, 0.2) is 16.8 Å². The normalized spacial score (nSPS) is 14.8. The molecule has 1 N–H and O–H groups in total. The van der Waals surface area contributed by atoms with E-state index in [4.69, 9.17) is 9.26 Å². The van der Waals surface area contributed by atoms with Gasteiger partial charge in [0.05, 0.1) is 31.1 Å². The van der Waals surface area contributed by atoms with E-state index in [2.05, 4.69) is 25.3 Å². The molecule has 0 unspecified atom stereocenters. The lowest BCUT2D eigenvalue weighted by Crippen LogP contribution is -2.37. The van der Waals surface area contributed by atoms with E-state index >= 15 is 0 Å². The first kappa shape index (κ1) is 15.4. The second kappa shape index (κ2) is 6.74. The summed E-state index contributed by atoms with van der Waals surface area (Å²) in [5, 5.41) is 6.63. The van der Waals surface area contributed by atoms with E-state index in [9.17, 15) is 4.79 Å². The molecule has 0 atom stereocenters. The van der Waals surface area contributed by atoms with Crippen LogP contribution < -0.4 is 10.2 Å². The zero-order chi connectivity index (χ0) is 16.2. The Morgan fingerprint density at radius 2 is 2.13 bits per heavy atom. The molecule has 0 aliphatic carbocycles. The van der Waals surface area contributed by atoms with Crippen molar-refractivity contribution >= 4 is 11.9 Å². The van der Waals surface area contributed by atoms with Crippen LogP contribution >= 0.6 is 0 Å². The van der Waals surface area contributed by atoms with Gasteiger partial charge in [0.2, 0.25) is 5.95 Å². The van der Waals surface area contributed by atoms with E-state index in [-0.39, 0.29) is 5.91 Å². The average molecular weight is 317 g/mol. The maximum Gasteiger partial charge on any atom is 0.257 e. The van der Waals surface area contributed by atoms with Crippen LogP contribution in [-0.2, 0) is 11.3 Å². The summed E-state index contributed by atoms with van der Waals surface area (Å²) < 4.78 is 10.3. The highest BCUT2D eigenvalue weighted by Gasteiger charge is 2.18. The van der Waals surface area contributed by atoms with Crippen LogP contribution in [0.3, 0.4) is 0 Å². The predicted molar refractivity (Wildman–Crippen MR) is 82.2 cm³/mol. The number of carbonyl (C=O) groups excluding carboxylic acids is 1. The highest BCUT2D eigenvalue weighted by atomic mass is 16.5. The van der Waals surface area contributed by atoms with Gasteiger partial charge in [-0.3, -0.25) is 4.79 Å². The zero-order valence-corrected chi connectivity index (χ0v) is 13.2. The molecule has 0 radical (unpaired) electrons. The Balaban J connectivity index is 1.65. The number of anilines is 1. The molecule has 0 bridgehead atoms. The standard InChI is InChI=1S/C15H19N5O3/c1-10-13(11(2)23-19-10)14(21)17-9-12-3-4-16-15(18-12)20-5-7-22-8-6-20/h3-4H,5-9H2,1-2H3,(H,17,21). The molecule has 1 saturated heterocycles. The molecule has 0 spiro atoms. The first-order valence-electron chi connectivity index (χ1n) is 7.51. The first-order chi connectivity index (χ1) is 11.1. The number of amides is 1. The fourth-order valence-corrected chi connectivity index (χ4v) is 2.47. The van der Waals surface area contributed by atoms with Crippen LogP contribution in [0, 0.1) is 13.8 Å². The van der Waals surface area contributed by atoms with Gasteiger partial charge in [-0.1, -0.05) is 5.16 Å². The third-order valence-electron chi connectivity index (χ3n) is 3.68. The molecule has 1 fully saturated rings. The second-order valence-corrected chi connectivity index (χ2v) is 5.33. The van der Waals surface area contributed by atoms with Crippen molar-refractivity contribution in [3.63, 3.8) is 0 Å². The number of nitrogens with zero attached hydrogens (tertiary/aromatic N) is 4. The van der Waals surface area contributed by atoms with Gasteiger partial charge in [-0.05, 0) is 19.9 Å². The Morgan fingerprint density at radius 3 is 2.83 bits per heavy atom. The van der Waals surface area contributed by atoms with Crippen molar-refractivity contribution in [1.29, 1.82) is 0 Å². The maximum absolute atomic E-state index is 12.2. The van der Waals surface area contributed by atoms with Crippen LogP contribution in [0.4, 0.5) is 5.95 Å². The summed E-state index contributed by atoms with van der Waals surface area (Å²) in [4.78, 5) is 23.1. The van der Waals surface area contributed by atoms with Gasteiger partial charge in [0.1, 0.15) is 11.3 Å². The second-order valence-electron chi connectivity index (χ2n) is 5.33. The SMILES string of the molecule is Cc1noc(C)c1C(=O)NCc1ccnc(N2CCOCC2)n1. The molecule has 3 heterocycles. The summed E-state index contributed by atoms with van der Waals surface area (Å²) in [7, 11) is 0. The molecule has 23 heavy (non-hydrogen) atoms. The van der Waals surface area contributed by atoms with Crippen molar-refractivity contribution in [2.24, 2.45) is 0 Å². The Hall–Kier alpha value is -2.48. The van der Waals surface area contributed by atoms with Gasteiger partial charge in [-0.25, -0.2) is 9.97 Å². The number of hydrogen-bond acceptors (Lipinski definition) is 7. The summed E-state index contributed by atoms with van der Waals surface area (Å²) in [6, 6.07) is 1.79. The van der Waals surface area contributed by atoms with Crippen LogP contribution in [0.1, 0.15) is 27.5 Å². The fraction of sp³-hybridized carbons (Fsp3) is 0.467. The van der Waals surface area contributed by atoms with Crippen LogP contribution in [0.2, 0.25) is 0 Å². The van der Waals surface area contributed by atoms with Crippen molar-refractivity contribution in [1.82, 2.24) is 20.4 Å². The summed E-state index contributed by atoms with van der Waals surface area (Å²) in [6.07, 6.45) is 1.70. The van der Waals surface area contributed by atoms with Crippen LogP contribution in [0.5, 0.6) is 0 Å². The Morgan fingerprint density at radius 1 is 1.35 bits per heavy atom. The molecule has 3 rings (SSSR count). The zero-order valence-electron chi connectivity index (χ0n) is 13.2. The molecule has 122 valence electrons. The molecule has 2 aromatic rings. The van der Waals surface area contributed by atoms with Gasteiger partial charge in [-0.2, -0.15) is 0 Å². The smallest absolute Gasteiger partial charge is 0.257 e. The number of nitrogens with one attached hydrogen (secondary N) is 1. The minimum absolute atomic E-state index is 0.215. The Labute approximate surface area is 133 Å². The minimum Gasteiger partial charge on any atom is -0.378 e. The van der Waals surface area contributed by atoms with Crippen molar-refractivity contribution < 1.29 is 14.1 Å². The minimum atomic E-state index is -0.215. The Kier molecular flexibility index (Phi) is 4.52. The van der Waals surface area contributed by atoms with Gasteiger partial charge in [0, 0.05) is 19.3 Å². The maximum atomic E-state index is 12.2. The van der Waals surface area contributed by atoms with E-state index in [1.165, 1.54) is 0 Å². The van der Waals surface area contributed by atoms with E-state index in [0.29, 0.717) is 42.7 Å². The van der Waals surface area contributed by atoms with Crippen molar-refractivity contribution in [3.05, 3.63) is 35.0 Å². The van der Waals surface area contributed by atoms with E-state index in [0.717, 1.165) is 18.8 Å². The predicted octanol–water partition coefficient (Wildman–Crippen LogP) is 0.848. The third kappa shape index (κ3) is 3.48. The molecular formula is C15H19N5O3. The fourth-order valence-electron chi connectivity index (χ4n) is 2.47. The van der Waals surface area contributed by atoms with Gasteiger partial charge in [0.15, 0.2) is 0 Å². The molecule has 0 saturated carbocycles. The van der Waals surface area contributed by atoms with Gasteiger partial charge >= 0.3 is 0 Å². The molecule has 8 heteroatoms. The number of aryl methyl sites for hydroxylation is 2. The number of carbonyl (C=O) groups is 1. The van der Waals surface area contributed by atoms with Crippen molar-refractivity contribution in [2.75, 3.05) is 31.2 Å². The van der Waals surface area contributed by atoms with E-state index in [1.54, 1.807) is 26.1 Å². The lowest BCUT2D eigenvalue weighted by molar-refractivity contribution is 0.0948. The lowest BCUT2D eigenvalue weighted by Gasteiger charge is -2.26.